The van der Waals surface area contributed by atoms with Crippen LogP contribution in [0.25, 0.3) is 0 Å². The molecule has 1 aromatic heterocycles. The normalized spacial score (nSPS) is 10.6. The van der Waals surface area contributed by atoms with Gasteiger partial charge in [0.1, 0.15) is 5.82 Å². The third kappa shape index (κ3) is 4.42. The zero-order valence-corrected chi connectivity index (χ0v) is 14.4. The van der Waals surface area contributed by atoms with Gasteiger partial charge in [-0.05, 0) is 23.6 Å². The van der Waals surface area contributed by atoms with Crippen LogP contribution in [0.1, 0.15) is 36.7 Å². The maximum Gasteiger partial charge on any atom is 0.273 e. The highest BCUT2D eigenvalue weighted by Crippen LogP contribution is 2.32. The van der Waals surface area contributed by atoms with Gasteiger partial charge < -0.3 is 11.1 Å². The molecule has 0 unspecified atom stereocenters. The van der Waals surface area contributed by atoms with Crippen molar-refractivity contribution in [1.29, 1.82) is 0 Å². The highest BCUT2D eigenvalue weighted by Gasteiger charge is 2.26. The molecule has 2 rings (SSSR count). The lowest BCUT2D eigenvalue weighted by Crippen LogP contribution is -2.16. The summed E-state index contributed by atoms with van der Waals surface area (Å²) in [6.45, 7) is 5.65. The number of nitro benzene ring substituents is 1. The first-order chi connectivity index (χ1) is 10.7. The summed E-state index contributed by atoms with van der Waals surface area (Å²) in [4.78, 5) is 26.9. The number of carbonyl (C=O) groups excluding carboxylic acids is 1. The van der Waals surface area contributed by atoms with Crippen LogP contribution in [0.4, 0.5) is 17.2 Å². The lowest BCUT2D eigenvalue weighted by molar-refractivity contribution is -0.386. The van der Waals surface area contributed by atoms with Gasteiger partial charge in [-0.3, -0.25) is 14.9 Å². The molecule has 0 aliphatic rings. The Morgan fingerprint density at radius 3 is 2.42 bits per heavy atom. The Morgan fingerprint density at radius 1 is 1.25 bits per heavy atom. The molecule has 1 aromatic carbocycles. The van der Waals surface area contributed by atoms with Crippen molar-refractivity contribution in [2.75, 3.05) is 11.1 Å². The molecule has 1 heterocycles. The number of halogens is 1. The number of nitro groups is 1. The van der Waals surface area contributed by atoms with Crippen LogP contribution in [0.5, 0.6) is 0 Å². The van der Waals surface area contributed by atoms with E-state index in [9.17, 15) is 14.9 Å². The van der Waals surface area contributed by atoms with E-state index < -0.39 is 16.2 Å². The van der Waals surface area contributed by atoms with E-state index in [4.69, 9.17) is 5.73 Å². The first kappa shape index (κ1) is 19.4. The van der Waals surface area contributed by atoms with E-state index in [0.717, 1.165) is 0 Å². The van der Waals surface area contributed by atoms with Crippen LogP contribution < -0.4 is 11.1 Å². The standard InChI is InChI=1S/C16H18N4O3.ClH/c1-16(2,3)12-6-4-10(8-13(12)20(22)23)15(21)19-11-5-7-14(17)18-9-11;/h4-9H,1-3H3,(H2,17,18)(H,19,21);1H. The molecule has 128 valence electrons. The maximum absolute atomic E-state index is 12.2. The van der Waals surface area contributed by atoms with Gasteiger partial charge >= 0.3 is 0 Å². The van der Waals surface area contributed by atoms with Crippen molar-refractivity contribution in [2.45, 2.75) is 26.2 Å². The number of nitrogens with zero attached hydrogens (tertiary/aromatic N) is 2. The van der Waals surface area contributed by atoms with Gasteiger partial charge in [0.25, 0.3) is 11.6 Å². The van der Waals surface area contributed by atoms with Gasteiger partial charge in [-0.2, -0.15) is 0 Å². The SMILES string of the molecule is CC(C)(C)c1ccc(C(=O)Nc2ccc(N)nc2)cc1[N+](=O)[O-].Cl. The second-order valence-electron chi connectivity index (χ2n) is 6.16. The molecule has 8 heteroatoms. The number of anilines is 2. The third-order valence-electron chi connectivity index (χ3n) is 3.31. The Balaban J connectivity index is 0.00000288. The molecule has 7 nitrogen and oxygen atoms in total. The van der Waals surface area contributed by atoms with Crippen LogP contribution in [0.15, 0.2) is 36.5 Å². The summed E-state index contributed by atoms with van der Waals surface area (Å²) in [6.07, 6.45) is 1.42. The molecular weight excluding hydrogens is 332 g/mol. The first-order valence-corrected chi connectivity index (χ1v) is 7.00. The molecule has 0 aliphatic carbocycles. The van der Waals surface area contributed by atoms with Gasteiger partial charge in [-0.1, -0.05) is 26.8 Å². The molecule has 3 N–H and O–H groups in total. The van der Waals surface area contributed by atoms with E-state index in [1.807, 2.05) is 20.8 Å². The van der Waals surface area contributed by atoms with Crippen LogP contribution in [-0.2, 0) is 5.41 Å². The summed E-state index contributed by atoms with van der Waals surface area (Å²) in [6, 6.07) is 7.65. The third-order valence-corrected chi connectivity index (χ3v) is 3.31. The molecule has 0 saturated heterocycles. The number of aromatic nitrogens is 1. The number of hydrogen-bond acceptors (Lipinski definition) is 5. The molecule has 2 aromatic rings. The number of rotatable bonds is 3. The Morgan fingerprint density at radius 2 is 1.92 bits per heavy atom. The smallest absolute Gasteiger partial charge is 0.273 e. The highest BCUT2D eigenvalue weighted by molar-refractivity contribution is 6.04. The van der Waals surface area contributed by atoms with E-state index in [1.54, 1.807) is 24.3 Å². The highest BCUT2D eigenvalue weighted by atomic mass is 35.5. The molecule has 24 heavy (non-hydrogen) atoms. The Hall–Kier alpha value is -2.67. The van der Waals surface area contributed by atoms with Crippen molar-refractivity contribution in [1.82, 2.24) is 4.98 Å². The topological polar surface area (TPSA) is 111 Å². The number of hydrogen-bond donors (Lipinski definition) is 2. The van der Waals surface area contributed by atoms with E-state index in [0.29, 0.717) is 17.1 Å². The Labute approximate surface area is 145 Å². The number of pyridine rings is 1. The summed E-state index contributed by atoms with van der Waals surface area (Å²) in [5.41, 5.74) is 6.27. The molecule has 0 spiro atoms. The predicted octanol–water partition coefficient (Wildman–Crippen LogP) is 3.54. The zero-order valence-electron chi connectivity index (χ0n) is 13.6. The Kier molecular flexibility index (Phi) is 5.87. The molecule has 0 atom stereocenters. The molecular formula is C16H19ClN4O3. The largest absolute Gasteiger partial charge is 0.384 e. The van der Waals surface area contributed by atoms with Gasteiger partial charge in [0.05, 0.1) is 16.8 Å². The van der Waals surface area contributed by atoms with Crippen LogP contribution in [0, 0.1) is 10.1 Å². The molecule has 0 bridgehead atoms. The second kappa shape index (κ2) is 7.27. The quantitative estimate of drug-likeness (QED) is 0.649. The summed E-state index contributed by atoms with van der Waals surface area (Å²) >= 11 is 0. The minimum atomic E-state index is -0.470. The second-order valence-corrected chi connectivity index (χ2v) is 6.16. The van der Waals surface area contributed by atoms with Crippen LogP contribution in [-0.4, -0.2) is 15.8 Å². The fourth-order valence-corrected chi connectivity index (χ4v) is 2.14. The summed E-state index contributed by atoms with van der Waals surface area (Å²) < 4.78 is 0. The average molecular weight is 351 g/mol. The van der Waals surface area contributed by atoms with E-state index >= 15 is 0 Å². The van der Waals surface area contributed by atoms with Gasteiger partial charge in [0.2, 0.25) is 0 Å². The first-order valence-electron chi connectivity index (χ1n) is 7.00. The fourth-order valence-electron chi connectivity index (χ4n) is 2.14. The van der Waals surface area contributed by atoms with Crippen molar-refractivity contribution in [3.05, 3.63) is 57.8 Å². The minimum absolute atomic E-state index is 0. The predicted molar refractivity (Wildman–Crippen MR) is 95.6 cm³/mol. The van der Waals surface area contributed by atoms with Crippen LogP contribution in [0.3, 0.4) is 0 Å². The molecule has 0 radical (unpaired) electrons. The number of benzene rings is 1. The van der Waals surface area contributed by atoms with Crippen LogP contribution >= 0.6 is 12.4 Å². The van der Waals surface area contributed by atoms with Gasteiger partial charge in [-0.15, -0.1) is 12.4 Å². The van der Waals surface area contributed by atoms with Crippen molar-refractivity contribution < 1.29 is 9.72 Å². The summed E-state index contributed by atoms with van der Waals surface area (Å²) in [5.74, 6) is -0.103. The fraction of sp³-hybridized carbons (Fsp3) is 0.250. The summed E-state index contributed by atoms with van der Waals surface area (Å²) in [7, 11) is 0. The van der Waals surface area contributed by atoms with E-state index in [1.165, 1.54) is 12.3 Å². The van der Waals surface area contributed by atoms with Crippen LogP contribution in [0.2, 0.25) is 0 Å². The minimum Gasteiger partial charge on any atom is -0.384 e. The number of nitrogens with one attached hydrogen (secondary N) is 1. The maximum atomic E-state index is 12.2. The molecule has 0 aliphatic heterocycles. The van der Waals surface area contributed by atoms with Gasteiger partial charge in [0.15, 0.2) is 0 Å². The van der Waals surface area contributed by atoms with Gasteiger partial charge in [0, 0.05) is 17.2 Å². The molecule has 1 amide bonds. The Bertz CT molecular complexity index is 755. The number of carbonyl (C=O) groups is 1. The number of nitrogens with two attached hydrogens (primary N) is 1. The number of nitrogen functional groups attached to an aromatic ring is 1. The van der Waals surface area contributed by atoms with E-state index in [2.05, 4.69) is 10.3 Å². The lowest BCUT2D eigenvalue weighted by atomic mass is 9.85. The van der Waals surface area contributed by atoms with Crippen molar-refractivity contribution in [2.24, 2.45) is 0 Å². The van der Waals surface area contributed by atoms with Gasteiger partial charge in [-0.25, -0.2) is 4.98 Å². The number of amides is 1. The van der Waals surface area contributed by atoms with E-state index in [-0.39, 0.29) is 23.7 Å². The lowest BCUT2D eigenvalue weighted by Gasteiger charge is -2.19. The van der Waals surface area contributed by atoms with Crippen molar-refractivity contribution >= 4 is 35.5 Å². The average Bonchev–Trinajstić information content (AvgIpc) is 2.48. The monoisotopic (exact) mass is 350 g/mol. The zero-order chi connectivity index (χ0) is 17.2. The molecule has 0 saturated carbocycles. The van der Waals surface area contributed by atoms with Crippen molar-refractivity contribution in [3.63, 3.8) is 0 Å². The van der Waals surface area contributed by atoms with Crippen molar-refractivity contribution in [3.8, 4) is 0 Å². The summed E-state index contributed by atoms with van der Waals surface area (Å²) in [5, 5.41) is 13.9. The molecule has 0 fully saturated rings.